The lowest BCUT2D eigenvalue weighted by Gasteiger charge is -2.16. The fourth-order valence-corrected chi connectivity index (χ4v) is 3.18. The van der Waals surface area contributed by atoms with Crippen molar-refractivity contribution in [1.29, 1.82) is 0 Å². The number of anilines is 2. The topological polar surface area (TPSA) is 89.0 Å². The summed E-state index contributed by atoms with van der Waals surface area (Å²) < 4.78 is 33.8. The van der Waals surface area contributed by atoms with Gasteiger partial charge in [0, 0.05) is 28.7 Å². The minimum Gasteiger partial charge on any atom is -0.490 e. The van der Waals surface area contributed by atoms with Crippen LogP contribution in [0.25, 0.3) is 10.8 Å². The van der Waals surface area contributed by atoms with Crippen molar-refractivity contribution < 1.29 is 13.5 Å². The van der Waals surface area contributed by atoms with E-state index in [0.29, 0.717) is 22.0 Å². The molecule has 0 aliphatic heterocycles. The molecule has 4 rings (SSSR count). The number of methoxy groups -OCH3 is 1. The molecule has 30 heavy (non-hydrogen) atoms. The van der Waals surface area contributed by atoms with E-state index in [2.05, 4.69) is 15.3 Å². The first-order chi connectivity index (χ1) is 14.4. The molecular weight excluding hydrogens is 394 g/mol. The first-order valence-corrected chi connectivity index (χ1v) is 8.92. The van der Waals surface area contributed by atoms with Crippen molar-refractivity contribution in [2.75, 3.05) is 12.4 Å². The summed E-state index contributed by atoms with van der Waals surface area (Å²) >= 11 is 0. The van der Waals surface area contributed by atoms with Gasteiger partial charge in [-0.3, -0.25) is 9.59 Å². The molecular formula is C21H16F2N4O3. The Balaban J connectivity index is 1.82. The van der Waals surface area contributed by atoms with Crippen LogP contribution < -0.4 is 21.2 Å². The summed E-state index contributed by atoms with van der Waals surface area (Å²) in [5, 5.41) is 4.12. The smallest absolute Gasteiger partial charge is 0.316 e. The van der Waals surface area contributed by atoms with Gasteiger partial charge < -0.3 is 19.6 Å². The van der Waals surface area contributed by atoms with Gasteiger partial charge in [-0.05, 0) is 35.9 Å². The number of fused-ring (bicyclic) bond motifs is 1. The number of aromatic nitrogens is 3. The summed E-state index contributed by atoms with van der Waals surface area (Å²) in [5.74, 6) is -1.33. The Labute approximate surface area is 168 Å². The molecule has 0 unspecified atom stereocenters. The third kappa shape index (κ3) is 3.77. The van der Waals surface area contributed by atoms with Crippen LogP contribution in [0.2, 0.25) is 0 Å². The summed E-state index contributed by atoms with van der Waals surface area (Å²) in [4.78, 5) is 30.9. The number of hydrogen-bond donors (Lipinski definition) is 2. The maximum absolute atomic E-state index is 13.6. The zero-order valence-corrected chi connectivity index (χ0v) is 15.8. The molecule has 2 aromatic carbocycles. The molecule has 0 atom stereocenters. The Kier molecular flexibility index (Phi) is 5.01. The normalized spacial score (nSPS) is 10.9. The van der Waals surface area contributed by atoms with Crippen LogP contribution in [-0.4, -0.2) is 21.6 Å². The summed E-state index contributed by atoms with van der Waals surface area (Å²) in [6, 6.07) is 9.96. The standard InChI is InChI=1S/C21H16F2N4O3/c1-30-18-11-27(10-12-7-13(22)9-14(23)8-12)21(26-20(18)29)25-17-4-2-3-16-15(17)5-6-24-19(16)28/h2-9,11H,10H2,1H3,(H,24,28)(H,25,26,29). The average Bonchev–Trinajstić information content (AvgIpc) is 2.70. The highest BCUT2D eigenvalue weighted by molar-refractivity contribution is 5.94. The Morgan fingerprint density at radius 3 is 2.60 bits per heavy atom. The van der Waals surface area contributed by atoms with Crippen molar-refractivity contribution in [1.82, 2.24) is 14.5 Å². The zero-order chi connectivity index (χ0) is 21.3. The largest absolute Gasteiger partial charge is 0.490 e. The van der Waals surface area contributed by atoms with Crippen LogP contribution in [0, 0.1) is 11.6 Å². The molecule has 2 aromatic heterocycles. The van der Waals surface area contributed by atoms with Crippen LogP contribution in [0.1, 0.15) is 5.56 Å². The first-order valence-electron chi connectivity index (χ1n) is 8.92. The van der Waals surface area contributed by atoms with Crippen molar-refractivity contribution in [2.45, 2.75) is 6.54 Å². The number of benzene rings is 2. The number of pyridine rings is 1. The molecule has 0 bridgehead atoms. The van der Waals surface area contributed by atoms with Crippen LogP contribution in [0.15, 0.2) is 64.4 Å². The lowest BCUT2D eigenvalue weighted by atomic mass is 10.1. The zero-order valence-electron chi connectivity index (χ0n) is 15.8. The van der Waals surface area contributed by atoms with Gasteiger partial charge in [-0.25, -0.2) is 8.78 Å². The highest BCUT2D eigenvalue weighted by atomic mass is 19.1. The second-order valence-electron chi connectivity index (χ2n) is 6.54. The third-order valence-corrected chi connectivity index (χ3v) is 4.52. The highest BCUT2D eigenvalue weighted by Crippen LogP contribution is 2.24. The molecule has 0 fully saturated rings. The fraction of sp³-hybridized carbons (Fsp3) is 0.0952. The molecule has 7 nitrogen and oxygen atoms in total. The van der Waals surface area contributed by atoms with Gasteiger partial charge >= 0.3 is 5.56 Å². The van der Waals surface area contributed by atoms with E-state index in [9.17, 15) is 18.4 Å². The SMILES string of the molecule is COc1cn(Cc2cc(F)cc(F)c2)c(Nc2cccc3c(=O)[nH]ccc23)nc1=O. The number of H-pyrrole nitrogens is 1. The van der Waals surface area contributed by atoms with Crippen LogP contribution in [0.4, 0.5) is 20.4 Å². The van der Waals surface area contributed by atoms with Crippen LogP contribution in [0.5, 0.6) is 5.75 Å². The molecule has 2 N–H and O–H groups in total. The second-order valence-corrected chi connectivity index (χ2v) is 6.54. The Hall–Kier alpha value is -4.01. The summed E-state index contributed by atoms with van der Waals surface area (Å²) in [7, 11) is 1.33. The van der Waals surface area contributed by atoms with E-state index in [1.807, 2.05) is 0 Å². The monoisotopic (exact) mass is 410 g/mol. The molecule has 2 heterocycles. The number of halogens is 2. The van der Waals surface area contributed by atoms with Gasteiger partial charge in [0.25, 0.3) is 5.56 Å². The minimum absolute atomic E-state index is 0.0198. The van der Waals surface area contributed by atoms with Crippen LogP contribution >= 0.6 is 0 Å². The highest BCUT2D eigenvalue weighted by Gasteiger charge is 2.13. The van der Waals surface area contributed by atoms with Gasteiger partial charge in [-0.15, -0.1) is 0 Å². The van der Waals surface area contributed by atoms with E-state index < -0.39 is 17.2 Å². The lowest BCUT2D eigenvalue weighted by molar-refractivity contribution is 0.402. The van der Waals surface area contributed by atoms with Crippen LogP contribution in [-0.2, 0) is 6.54 Å². The van der Waals surface area contributed by atoms with Crippen molar-refractivity contribution >= 4 is 22.4 Å². The molecule has 0 aliphatic rings. The van der Waals surface area contributed by atoms with E-state index in [1.54, 1.807) is 24.3 Å². The molecule has 0 saturated carbocycles. The van der Waals surface area contributed by atoms with E-state index in [0.717, 1.165) is 6.07 Å². The maximum Gasteiger partial charge on any atom is 0.316 e. The number of rotatable bonds is 5. The van der Waals surface area contributed by atoms with E-state index in [1.165, 1.54) is 36.2 Å². The van der Waals surface area contributed by atoms with E-state index in [-0.39, 0.29) is 23.8 Å². The predicted molar refractivity (Wildman–Crippen MR) is 108 cm³/mol. The van der Waals surface area contributed by atoms with Gasteiger partial charge in [0.05, 0.1) is 19.9 Å². The number of ether oxygens (including phenoxy) is 1. The Morgan fingerprint density at radius 2 is 1.87 bits per heavy atom. The molecule has 9 heteroatoms. The lowest BCUT2D eigenvalue weighted by Crippen LogP contribution is -2.19. The predicted octanol–water partition coefficient (Wildman–Crippen LogP) is 3.16. The Bertz CT molecular complexity index is 1340. The van der Waals surface area contributed by atoms with Gasteiger partial charge in [0.1, 0.15) is 11.6 Å². The van der Waals surface area contributed by atoms with Gasteiger partial charge in [-0.1, -0.05) is 6.07 Å². The number of nitrogens with zero attached hydrogens (tertiary/aromatic N) is 2. The minimum atomic E-state index is -0.714. The maximum atomic E-state index is 13.6. The summed E-state index contributed by atoms with van der Waals surface area (Å²) in [5.41, 5.74) is -0.00141. The molecule has 0 saturated heterocycles. The first kappa shape index (κ1) is 19.3. The summed E-state index contributed by atoms with van der Waals surface area (Å²) in [6.45, 7) is 0.0198. The second kappa shape index (κ2) is 7.78. The van der Waals surface area contributed by atoms with Crippen molar-refractivity contribution in [3.8, 4) is 5.75 Å². The average molecular weight is 410 g/mol. The van der Waals surface area contributed by atoms with Gasteiger partial charge in [0.15, 0.2) is 0 Å². The van der Waals surface area contributed by atoms with Crippen molar-refractivity contribution in [2.24, 2.45) is 0 Å². The van der Waals surface area contributed by atoms with Crippen molar-refractivity contribution in [3.63, 3.8) is 0 Å². The number of nitrogens with one attached hydrogen (secondary N) is 2. The number of hydrogen-bond acceptors (Lipinski definition) is 5. The van der Waals surface area contributed by atoms with Gasteiger partial charge in [-0.2, -0.15) is 4.98 Å². The molecule has 0 spiro atoms. The molecule has 0 amide bonds. The Morgan fingerprint density at radius 1 is 1.10 bits per heavy atom. The van der Waals surface area contributed by atoms with Gasteiger partial charge in [0.2, 0.25) is 11.7 Å². The number of aromatic amines is 1. The van der Waals surface area contributed by atoms with Crippen molar-refractivity contribution in [3.05, 3.63) is 92.8 Å². The quantitative estimate of drug-likeness (QED) is 0.528. The molecule has 152 valence electrons. The molecule has 0 radical (unpaired) electrons. The van der Waals surface area contributed by atoms with Crippen LogP contribution in [0.3, 0.4) is 0 Å². The summed E-state index contributed by atoms with van der Waals surface area (Å²) in [6.07, 6.45) is 2.91. The van der Waals surface area contributed by atoms with E-state index in [4.69, 9.17) is 4.74 Å². The molecule has 4 aromatic rings. The fourth-order valence-electron chi connectivity index (χ4n) is 3.18. The molecule has 0 aliphatic carbocycles. The van der Waals surface area contributed by atoms with E-state index >= 15 is 0 Å². The third-order valence-electron chi connectivity index (χ3n) is 4.52.